The maximum absolute atomic E-state index is 10.9. The van der Waals surface area contributed by atoms with Gasteiger partial charge in [-0.05, 0) is 64.4 Å². The SMILES string of the molecule is C[N+](C)(C)c1cc[c-]c(-c2ccccn2)c1.O=C(O)c1cc[c-]c(-c2ccccn2)c1.O=S(=O)(O)c1cc[c-]c(-c2ccccn2)c1.Oc1cc[c-]c(-c2ccccn2)c1.Sc1cc[c-]c(-c2ccccn2)c1.[Ir].[Ir].[Ir].[Ir].[Ir]. The summed E-state index contributed by atoms with van der Waals surface area (Å²) in [7, 11) is 2.27. The minimum atomic E-state index is -4.18. The van der Waals surface area contributed by atoms with E-state index in [0.29, 0.717) is 16.8 Å². The summed E-state index contributed by atoms with van der Waals surface area (Å²) in [6.45, 7) is 0. The van der Waals surface area contributed by atoms with Gasteiger partial charge >= 0.3 is 5.97 Å². The van der Waals surface area contributed by atoms with Crippen molar-refractivity contribution in [1.29, 1.82) is 0 Å². The number of hydrogen-bond donors (Lipinski definition) is 4. The Balaban J connectivity index is 0.000000481. The average Bonchev–Trinajstić information content (AvgIpc) is 3.42. The molecule has 10 aromatic rings. The summed E-state index contributed by atoms with van der Waals surface area (Å²) in [5.41, 5.74) is 9.59. The van der Waals surface area contributed by atoms with Gasteiger partial charge in [-0.2, -0.15) is 21.0 Å². The number of nitrogens with zero attached hydrogens (tertiary/aromatic N) is 6. The summed E-state index contributed by atoms with van der Waals surface area (Å²) in [5.74, 6) is -0.708. The molecule has 411 valence electrons. The number of quaternary nitrogens is 1. The van der Waals surface area contributed by atoms with Crippen molar-refractivity contribution in [3.8, 4) is 62.0 Å². The molecule has 0 aliphatic heterocycles. The van der Waals surface area contributed by atoms with Crippen LogP contribution in [-0.2, 0) is 111 Å². The molecule has 0 spiro atoms. The van der Waals surface area contributed by atoms with E-state index in [1.165, 1.54) is 30.0 Å². The predicted molar refractivity (Wildman–Crippen MR) is 288 cm³/mol. The number of rotatable bonds is 8. The maximum Gasteiger partial charge on any atom is 0.316 e. The van der Waals surface area contributed by atoms with E-state index in [4.69, 9.17) is 9.66 Å². The van der Waals surface area contributed by atoms with Crippen LogP contribution in [0.5, 0.6) is 5.75 Å². The fourth-order valence-electron chi connectivity index (χ4n) is 6.34. The van der Waals surface area contributed by atoms with Crippen molar-refractivity contribution in [2.45, 2.75) is 9.79 Å². The van der Waals surface area contributed by atoms with Crippen molar-refractivity contribution in [2.24, 2.45) is 0 Å². The quantitative estimate of drug-likeness (QED) is 0.0493. The maximum atomic E-state index is 10.9. The van der Waals surface area contributed by atoms with Crippen LogP contribution in [-0.4, -0.2) is 75.2 Å². The minimum Gasteiger partial charge on any atom is -0.527 e. The summed E-state index contributed by atoms with van der Waals surface area (Å²) in [6.07, 6.45) is 8.56. The third-order valence-corrected chi connectivity index (χ3v) is 11.1. The Morgan fingerprint density at radius 2 is 0.808 bits per heavy atom. The van der Waals surface area contributed by atoms with E-state index in [-0.39, 0.29) is 117 Å². The molecule has 0 aliphatic rings. The molecule has 0 aliphatic carbocycles. The van der Waals surface area contributed by atoms with Gasteiger partial charge in [-0.15, -0.1) is 137 Å². The standard InChI is InChI=1S/C14H16N2.C12H8NO2.C11H8NO3S.C11H8NO.C11H8NS.5Ir/c1-16(2,3)13-8-6-7-12(11-13)14-9-4-5-10-15-14;14-12(15)10-5-3-4-9(8-10)11-6-1-2-7-13-11;13-16(14,15)10-5-3-4-9(8-10)11-6-1-2-7-12-11;2*13-10-5-3-4-9(8-10)11-6-1-2-7-12-11;;;;;/h4-6,8-11H,1-3H3;1-3,5-8H,(H,14,15);1-3,5-8H,(H,13,14,15);2*1-3,5-8,13H;;;;;/q;4*-1;;;;;. The van der Waals surface area contributed by atoms with Gasteiger partial charge in [-0.25, -0.2) is 4.79 Å². The van der Waals surface area contributed by atoms with E-state index >= 15 is 0 Å². The zero-order valence-electron chi connectivity index (χ0n) is 41.5. The first kappa shape index (κ1) is 70.6. The van der Waals surface area contributed by atoms with E-state index < -0.39 is 16.1 Å². The Morgan fingerprint density at radius 3 is 1.17 bits per heavy atom. The smallest absolute Gasteiger partial charge is 0.316 e. The van der Waals surface area contributed by atoms with Gasteiger partial charge in [0.1, 0.15) is 0 Å². The number of carboxylic acid groups (broad SMARTS) is 1. The van der Waals surface area contributed by atoms with Gasteiger partial charge in [0.15, 0.2) is 0 Å². The monoisotopic (exact) mass is 1970 g/mol. The van der Waals surface area contributed by atoms with Gasteiger partial charge < -0.3 is 39.6 Å². The number of carboxylic acids is 1. The number of phenolic OH excluding ortho intramolecular Hbond substituents is 1. The second-order valence-electron chi connectivity index (χ2n) is 16.2. The number of hydrogen-bond acceptors (Lipinski definition) is 10. The van der Waals surface area contributed by atoms with Crippen molar-refractivity contribution in [3.05, 3.63) is 249 Å². The molecule has 5 heterocycles. The number of aromatic hydroxyl groups is 1. The van der Waals surface area contributed by atoms with Gasteiger partial charge in [0.05, 0.1) is 26.8 Å². The van der Waals surface area contributed by atoms with E-state index in [2.05, 4.69) is 101 Å². The fraction of sp³-hybridized carbons (Fsp3) is 0.0508. The molecular formula is C59H48Ir5N6O6S2-4. The molecule has 0 saturated carbocycles. The summed E-state index contributed by atoms with van der Waals surface area (Å²) in [4.78, 5) is 32.4. The van der Waals surface area contributed by atoms with Crippen LogP contribution in [0.25, 0.3) is 56.3 Å². The molecule has 0 bridgehead atoms. The topological polar surface area (TPSA) is 176 Å². The second-order valence-corrected chi connectivity index (χ2v) is 18.1. The molecule has 19 heteroatoms. The van der Waals surface area contributed by atoms with Crippen molar-refractivity contribution in [1.82, 2.24) is 29.4 Å². The molecule has 10 rings (SSSR count). The van der Waals surface area contributed by atoms with Crippen LogP contribution in [0.15, 0.2) is 223 Å². The molecule has 12 nitrogen and oxygen atoms in total. The van der Waals surface area contributed by atoms with Gasteiger partial charge in [-0.1, -0.05) is 77.7 Å². The summed E-state index contributed by atoms with van der Waals surface area (Å²) in [6, 6.07) is 68.8. The normalized spacial score (nSPS) is 9.86. The zero-order valence-corrected chi connectivity index (χ0v) is 55.2. The van der Waals surface area contributed by atoms with E-state index in [1.807, 2.05) is 103 Å². The third kappa shape index (κ3) is 23.5. The van der Waals surface area contributed by atoms with Crippen LogP contribution >= 0.6 is 12.6 Å². The average molecular weight is 1960 g/mol. The largest absolute Gasteiger partial charge is 0.527 e. The van der Waals surface area contributed by atoms with E-state index in [9.17, 15) is 18.3 Å². The minimum absolute atomic E-state index is 0. The van der Waals surface area contributed by atoms with Gasteiger partial charge in [-0.3, -0.25) is 4.55 Å². The van der Waals surface area contributed by atoms with Gasteiger partial charge in [0.25, 0.3) is 10.1 Å². The predicted octanol–water partition coefficient (Wildman–Crippen LogP) is 11.9. The Kier molecular flexibility index (Phi) is 32.6. The van der Waals surface area contributed by atoms with Crippen molar-refractivity contribution in [2.75, 3.05) is 21.1 Å². The molecule has 5 aromatic carbocycles. The molecule has 78 heavy (non-hydrogen) atoms. The Hall–Kier alpha value is -5.41. The zero-order chi connectivity index (χ0) is 52.1. The molecule has 5 radical (unpaired) electrons. The number of carbonyl (C=O) groups is 1. The van der Waals surface area contributed by atoms with Crippen molar-refractivity contribution >= 4 is 34.4 Å². The second kappa shape index (κ2) is 36.0. The van der Waals surface area contributed by atoms with Crippen LogP contribution in [0.1, 0.15) is 10.4 Å². The molecule has 5 aromatic heterocycles. The van der Waals surface area contributed by atoms with Crippen molar-refractivity contribution < 1.29 is 129 Å². The number of phenols is 1. The Bertz CT molecular complexity index is 3350. The Labute approximate surface area is 528 Å². The first-order valence-electron chi connectivity index (χ1n) is 22.2. The first-order valence-corrected chi connectivity index (χ1v) is 24.1. The molecule has 3 N–H and O–H groups in total. The number of aromatic nitrogens is 5. The molecule has 0 fully saturated rings. The van der Waals surface area contributed by atoms with E-state index in [1.54, 1.807) is 73.3 Å². The fourth-order valence-corrected chi connectivity index (χ4v) is 7.05. The number of thiol groups is 1. The van der Waals surface area contributed by atoms with Crippen LogP contribution in [0, 0.1) is 30.3 Å². The van der Waals surface area contributed by atoms with Gasteiger partial charge in [0, 0.05) is 142 Å². The van der Waals surface area contributed by atoms with Gasteiger partial charge in [0.2, 0.25) is 0 Å². The number of benzene rings is 5. The van der Waals surface area contributed by atoms with Crippen LogP contribution < -0.4 is 4.48 Å². The first-order chi connectivity index (χ1) is 35.1. The molecule has 0 saturated heterocycles. The van der Waals surface area contributed by atoms with Crippen LogP contribution in [0.2, 0.25) is 0 Å². The summed E-state index contributed by atoms with van der Waals surface area (Å²) in [5, 5.41) is 18.0. The number of pyridine rings is 5. The van der Waals surface area contributed by atoms with Crippen molar-refractivity contribution in [3.63, 3.8) is 0 Å². The van der Waals surface area contributed by atoms with Crippen LogP contribution in [0.4, 0.5) is 5.69 Å². The molecular weight excluding hydrogens is 1910 g/mol. The molecule has 0 atom stereocenters. The van der Waals surface area contributed by atoms with E-state index in [0.717, 1.165) is 48.8 Å². The Morgan fingerprint density at radius 1 is 0.462 bits per heavy atom. The molecule has 0 unspecified atom stereocenters. The summed E-state index contributed by atoms with van der Waals surface area (Å²) >= 11 is 4.26. The van der Waals surface area contributed by atoms with Crippen LogP contribution in [0.3, 0.4) is 0 Å². The molecule has 0 amide bonds. The number of aromatic carboxylic acids is 1. The summed E-state index contributed by atoms with van der Waals surface area (Å²) < 4.78 is 31.6. The third-order valence-electron chi connectivity index (χ3n) is 9.95.